The molecule has 5 rings (SSSR count). The van der Waals surface area contributed by atoms with Gasteiger partial charge in [-0.25, -0.2) is 9.88 Å². The fourth-order valence-corrected chi connectivity index (χ4v) is 5.45. The number of amides is 3. The molecule has 4 aromatic rings. The van der Waals surface area contributed by atoms with Gasteiger partial charge in [0.2, 0.25) is 11.8 Å². The van der Waals surface area contributed by atoms with Crippen molar-refractivity contribution in [2.45, 2.75) is 31.0 Å². The van der Waals surface area contributed by atoms with E-state index in [0.717, 1.165) is 28.5 Å². The maximum atomic E-state index is 13.7. The number of nitrogens with zero attached hydrogens (tertiary/aromatic N) is 4. The molecule has 1 unspecified atom stereocenters. The number of anilines is 1. The SMILES string of the molecule is Cc1ccc(N2C(=O)CC(N(Cc3ccccc3)C(=O)CSc3nc(-c4ccccc4)ccc3C#N)C2=O)cc1. The van der Waals surface area contributed by atoms with E-state index in [4.69, 9.17) is 0 Å². The van der Waals surface area contributed by atoms with Crippen LogP contribution in [0.5, 0.6) is 0 Å². The summed E-state index contributed by atoms with van der Waals surface area (Å²) in [6, 6.07) is 30.8. The van der Waals surface area contributed by atoms with Crippen molar-refractivity contribution in [3.05, 3.63) is 114 Å². The van der Waals surface area contributed by atoms with Gasteiger partial charge in [-0.2, -0.15) is 5.26 Å². The zero-order chi connectivity index (χ0) is 28.1. The molecule has 3 aromatic carbocycles. The summed E-state index contributed by atoms with van der Waals surface area (Å²) < 4.78 is 0. The van der Waals surface area contributed by atoms with Gasteiger partial charge in [0.05, 0.1) is 29.1 Å². The molecule has 198 valence electrons. The molecule has 1 fully saturated rings. The van der Waals surface area contributed by atoms with E-state index < -0.39 is 11.9 Å². The predicted octanol–water partition coefficient (Wildman–Crippen LogP) is 5.38. The third-order valence-electron chi connectivity index (χ3n) is 6.69. The molecular formula is C32H26N4O3S. The largest absolute Gasteiger partial charge is 0.325 e. The number of aryl methyl sites for hydroxylation is 1. The van der Waals surface area contributed by atoms with Crippen molar-refractivity contribution in [3.8, 4) is 17.3 Å². The van der Waals surface area contributed by atoms with Crippen LogP contribution < -0.4 is 4.90 Å². The molecule has 0 bridgehead atoms. The van der Waals surface area contributed by atoms with Crippen molar-refractivity contribution in [2.24, 2.45) is 0 Å². The number of hydrogen-bond donors (Lipinski definition) is 0. The highest BCUT2D eigenvalue weighted by atomic mass is 32.2. The molecule has 3 amide bonds. The molecule has 0 aliphatic carbocycles. The number of nitriles is 1. The summed E-state index contributed by atoms with van der Waals surface area (Å²) in [5.41, 5.74) is 4.31. The van der Waals surface area contributed by atoms with Crippen LogP contribution in [-0.4, -0.2) is 39.4 Å². The third-order valence-corrected chi connectivity index (χ3v) is 7.67. The standard InChI is InChI=1S/C32H26N4O3S/c1-22-12-15-26(16-13-22)36-29(37)18-28(32(36)39)35(20-23-8-4-2-5-9-23)30(38)21-40-31-25(19-33)14-17-27(34-31)24-10-6-3-7-11-24/h2-17,28H,18,20-21H2,1H3. The molecule has 0 radical (unpaired) electrons. The maximum absolute atomic E-state index is 13.7. The lowest BCUT2D eigenvalue weighted by Gasteiger charge is -2.28. The average molecular weight is 547 g/mol. The molecule has 8 heteroatoms. The molecule has 40 heavy (non-hydrogen) atoms. The van der Waals surface area contributed by atoms with E-state index in [2.05, 4.69) is 11.1 Å². The van der Waals surface area contributed by atoms with Crippen LogP contribution in [0.3, 0.4) is 0 Å². The minimum Gasteiger partial charge on any atom is -0.325 e. The van der Waals surface area contributed by atoms with E-state index in [-0.39, 0.29) is 30.5 Å². The monoisotopic (exact) mass is 546 g/mol. The Kier molecular flexibility index (Phi) is 8.04. The second-order valence-electron chi connectivity index (χ2n) is 9.45. The van der Waals surface area contributed by atoms with Crippen LogP contribution in [-0.2, 0) is 20.9 Å². The van der Waals surface area contributed by atoms with Gasteiger partial charge in [-0.1, -0.05) is 90.1 Å². The number of carbonyl (C=O) groups excluding carboxylic acids is 3. The van der Waals surface area contributed by atoms with Crippen molar-refractivity contribution in [2.75, 3.05) is 10.7 Å². The lowest BCUT2D eigenvalue weighted by molar-refractivity contribution is -0.136. The molecule has 1 saturated heterocycles. The fraction of sp³-hybridized carbons (Fsp3) is 0.156. The molecule has 0 spiro atoms. The summed E-state index contributed by atoms with van der Waals surface area (Å²) >= 11 is 1.15. The van der Waals surface area contributed by atoms with Crippen LogP contribution >= 0.6 is 11.8 Å². The van der Waals surface area contributed by atoms with E-state index in [0.29, 0.717) is 22.0 Å². The summed E-state index contributed by atoms with van der Waals surface area (Å²) in [6.45, 7) is 2.11. The number of imide groups is 1. The number of carbonyl (C=O) groups is 3. The lowest BCUT2D eigenvalue weighted by Crippen LogP contribution is -2.45. The molecule has 1 aromatic heterocycles. The van der Waals surface area contributed by atoms with Crippen LogP contribution in [0, 0.1) is 18.3 Å². The Hall–Kier alpha value is -4.74. The molecule has 2 heterocycles. The minimum atomic E-state index is -0.929. The van der Waals surface area contributed by atoms with E-state index in [1.165, 1.54) is 9.80 Å². The van der Waals surface area contributed by atoms with Crippen molar-refractivity contribution in [3.63, 3.8) is 0 Å². The van der Waals surface area contributed by atoms with Crippen LogP contribution in [0.1, 0.15) is 23.1 Å². The Morgan fingerprint density at radius 1 is 0.975 bits per heavy atom. The Balaban J connectivity index is 1.40. The highest BCUT2D eigenvalue weighted by Gasteiger charge is 2.44. The highest BCUT2D eigenvalue weighted by molar-refractivity contribution is 8.00. The highest BCUT2D eigenvalue weighted by Crippen LogP contribution is 2.29. The molecule has 1 aliphatic heterocycles. The van der Waals surface area contributed by atoms with Crippen LogP contribution in [0.2, 0.25) is 0 Å². The average Bonchev–Trinajstić information content (AvgIpc) is 3.28. The molecule has 0 saturated carbocycles. The smallest absolute Gasteiger partial charge is 0.257 e. The van der Waals surface area contributed by atoms with Gasteiger partial charge in [0.1, 0.15) is 17.1 Å². The minimum absolute atomic E-state index is 0.0464. The lowest BCUT2D eigenvalue weighted by atomic mass is 10.1. The van der Waals surface area contributed by atoms with Crippen molar-refractivity contribution in [1.82, 2.24) is 9.88 Å². The number of benzene rings is 3. The zero-order valence-electron chi connectivity index (χ0n) is 21.9. The van der Waals surface area contributed by atoms with Gasteiger partial charge in [-0.05, 0) is 36.8 Å². The van der Waals surface area contributed by atoms with Crippen molar-refractivity contribution >= 4 is 35.2 Å². The summed E-state index contributed by atoms with van der Waals surface area (Å²) in [5, 5.41) is 10.1. The summed E-state index contributed by atoms with van der Waals surface area (Å²) in [5.74, 6) is -1.14. The fourth-order valence-electron chi connectivity index (χ4n) is 4.60. The summed E-state index contributed by atoms with van der Waals surface area (Å²) in [4.78, 5) is 47.6. The van der Waals surface area contributed by atoms with E-state index in [1.54, 1.807) is 24.3 Å². The Morgan fingerprint density at radius 3 is 2.33 bits per heavy atom. The number of rotatable bonds is 8. The first-order chi connectivity index (χ1) is 19.4. The van der Waals surface area contributed by atoms with E-state index in [1.807, 2.05) is 79.7 Å². The number of aromatic nitrogens is 1. The van der Waals surface area contributed by atoms with Gasteiger partial charge in [-0.3, -0.25) is 14.4 Å². The van der Waals surface area contributed by atoms with Gasteiger partial charge in [0.25, 0.3) is 5.91 Å². The predicted molar refractivity (Wildman–Crippen MR) is 154 cm³/mol. The van der Waals surface area contributed by atoms with Gasteiger partial charge >= 0.3 is 0 Å². The molecule has 0 N–H and O–H groups in total. The Morgan fingerprint density at radius 2 is 1.65 bits per heavy atom. The summed E-state index contributed by atoms with van der Waals surface area (Å²) in [6.07, 6.45) is -0.0961. The topological polar surface area (TPSA) is 94.4 Å². The second-order valence-corrected chi connectivity index (χ2v) is 10.4. The van der Waals surface area contributed by atoms with Crippen LogP contribution in [0.4, 0.5) is 5.69 Å². The van der Waals surface area contributed by atoms with E-state index in [9.17, 15) is 19.6 Å². The summed E-state index contributed by atoms with van der Waals surface area (Å²) in [7, 11) is 0. The van der Waals surface area contributed by atoms with Gasteiger partial charge in [-0.15, -0.1) is 0 Å². The van der Waals surface area contributed by atoms with Crippen molar-refractivity contribution in [1.29, 1.82) is 5.26 Å². The van der Waals surface area contributed by atoms with Gasteiger partial charge < -0.3 is 4.90 Å². The van der Waals surface area contributed by atoms with Gasteiger partial charge in [0.15, 0.2) is 0 Å². The van der Waals surface area contributed by atoms with E-state index >= 15 is 0 Å². The quantitative estimate of drug-likeness (QED) is 0.218. The number of pyridine rings is 1. The second kappa shape index (κ2) is 12.0. The zero-order valence-corrected chi connectivity index (χ0v) is 22.7. The maximum Gasteiger partial charge on any atom is 0.257 e. The normalized spacial score (nSPS) is 14.7. The first-order valence-electron chi connectivity index (χ1n) is 12.8. The molecular weight excluding hydrogens is 520 g/mol. The van der Waals surface area contributed by atoms with Crippen LogP contribution in [0.15, 0.2) is 102 Å². The molecule has 1 aliphatic rings. The number of hydrogen-bond acceptors (Lipinski definition) is 6. The Labute approximate surface area is 237 Å². The first kappa shape index (κ1) is 26.9. The number of thioether (sulfide) groups is 1. The molecule has 7 nitrogen and oxygen atoms in total. The molecule has 1 atom stereocenters. The third kappa shape index (κ3) is 5.80. The van der Waals surface area contributed by atoms with Crippen LogP contribution in [0.25, 0.3) is 11.3 Å². The van der Waals surface area contributed by atoms with Gasteiger partial charge in [0, 0.05) is 12.1 Å². The van der Waals surface area contributed by atoms with Crippen molar-refractivity contribution < 1.29 is 14.4 Å². The Bertz CT molecular complexity index is 1580. The first-order valence-corrected chi connectivity index (χ1v) is 13.8.